The first-order chi connectivity index (χ1) is 11.5. The maximum absolute atomic E-state index is 12.3. The number of amides is 2. The van der Waals surface area contributed by atoms with Crippen LogP contribution in [0.5, 0.6) is 0 Å². The monoisotopic (exact) mass is 342 g/mol. The van der Waals surface area contributed by atoms with Crippen molar-refractivity contribution in [3.05, 3.63) is 45.9 Å². The van der Waals surface area contributed by atoms with Gasteiger partial charge in [0.2, 0.25) is 5.91 Å². The van der Waals surface area contributed by atoms with Gasteiger partial charge in [0, 0.05) is 23.9 Å². The number of hydrogen-bond donors (Lipinski definition) is 1. The van der Waals surface area contributed by atoms with E-state index in [1.807, 2.05) is 43.5 Å². The summed E-state index contributed by atoms with van der Waals surface area (Å²) in [5.74, 6) is -0.360. The number of aryl methyl sites for hydroxylation is 2. The summed E-state index contributed by atoms with van der Waals surface area (Å²) < 4.78 is 0. The molecule has 24 heavy (non-hydrogen) atoms. The third-order valence-electron chi connectivity index (χ3n) is 3.61. The van der Waals surface area contributed by atoms with E-state index in [4.69, 9.17) is 0 Å². The lowest BCUT2D eigenvalue weighted by molar-refractivity contribution is -0.119. The number of carbonyl (C=O) groups is 2. The van der Waals surface area contributed by atoms with Crippen LogP contribution in [-0.2, 0) is 16.1 Å². The summed E-state index contributed by atoms with van der Waals surface area (Å²) in [5.41, 5.74) is 3.02. The fourth-order valence-electron chi connectivity index (χ4n) is 2.42. The molecule has 1 aromatic carbocycles. The van der Waals surface area contributed by atoms with Crippen LogP contribution in [0.2, 0.25) is 0 Å². The Morgan fingerprint density at radius 1 is 1.33 bits per heavy atom. The number of carbonyl (C=O) groups excluding carboxylic acids is 2. The molecule has 0 aliphatic carbocycles. The number of aromatic nitrogens is 1. The summed E-state index contributed by atoms with van der Waals surface area (Å²) in [6.07, 6.45) is 0.625. The van der Waals surface area contributed by atoms with Crippen LogP contribution in [0.1, 0.15) is 29.1 Å². The molecule has 3 rings (SSSR count). The van der Waals surface area contributed by atoms with Crippen LogP contribution in [0.15, 0.2) is 34.7 Å². The van der Waals surface area contributed by atoms with Crippen molar-refractivity contribution < 1.29 is 9.59 Å². The van der Waals surface area contributed by atoms with Crippen LogP contribution < -0.4 is 10.3 Å². The standard InChI is InChI=1S/C17H18N4O2S/c1-11-4-3-5-13(8-11)21-16(22)7-6-14(20-21)17(23)18-9-15-19-12(2)10-24-15/h3-5,8,10H,6-7,9H2,1-2H3,(H,18,23). The summed E-state index contributed by atoms with van der Waals surface area (Å²) in [6, 6.07) is 7.51. The molecule has 0 fully saturated rings. The van der Waals surface area contributed by atoms with Crippen LogP contribution in [0.25, 0.3) is 0 Å². The number of nitrogens with zero attached hydrogens (tertiary/aromatic N) is 3. The van der Waals surface area contributed by atoms with Crippen molar-refractivity contribution in [2.24, 2.45) is 5.10 Å². The third-order valence-corrected chi connectivity index (χ3v) is 4.57. The molecule has 2 aromatic rings. The second-order valence-electron chi connectivity index (χ2n) is 5.66. The quantitative estimate of drug-likeness (QED) is 0.928. The molecule has 2 heterocycles. The number of benzene rings is 1. The SMILES string of the molecule is Cc1cccc(N2N=C(C(=O)NCc3nc(C)cs3)CCC2=O)c1. The van der Waals surface area contributed by atoms with Gasteiger partial charge >= 0.3 is 0 Å². The maximum atomic E-state index is 12.3. The van der Waals surface area contributed by atoms with E-state index in [2.05, 4.69) is 15.4 Å². The molecule has 0 unspecified atom stereocenters. The van der Waals surface area contributed by atoms with Crippen molar-refractivity contribution in [1.82, 2.24) is 10.3 Å². The summed E-state index contributed by atoms with van der Waals surface area (Å²) in [6.45, 7) is 4.23. The molecule has 2 amide bonds. The Bertz CT molecular complexity index is 812. The normalized spacial score (nSPS) is 14.5. The van der Waals surface area contributed by atoms with Gasteiger partial charge in [0.25, 0.3) is 5.91 Å². The largest absolute Gasteiger partial charge is 0.344 e. The number of anilines is 1. The molecule has 1 N–H and O–H groups in total. The van der Waals surface area contributed by atoms with Gasteiger partial charge in [-0.2, -0.15) is 5.10 Å². The molecule has 0 radical (unpaired) electrons. The fourth-order valence-corrected chi connectivity index (χ4v) is 3.13. The molecule has 1 aromatic heterocycles. The third kappa shape index (κ3) is 3.68. The van der Waals surface area contributed by atoms with Crippen LogP contribution >= 0.6 is 11.3 Å². The van der Waals surface area contributed by atoms with Gasteiger partial charge in [-0.1, -0.05) is 12.1 Å². The van der Waals surface area contributed by atoms with Gasteiger partial charge in [0.05, 0.1) is 12.2 Å². The predicted molar refractivity (Wildman–Crippen MR) is 94.0 cm³/mol. The predicted octanol–water partition coefficient (Wildman–Crippen LogP) is 2.56. The van der Waals surface area contributed by atoms with E-state index in [1.54, 1.807) is 0 Å². The first kappa shape index (κ1) is 16.3. The minimum absolute atomic E-state index is 0.104. The average Bonchev–Trinajstić information content (AvgIpc) is 2.98. The highest BCUT2D eigenvalue weighted by molar-refractivity contribution is 7.09. The van der Waals surface area contributed by atoms with Crippen molar-refractivity contribution in [3.63, 3.8) is 0 Å². The Morgan fingerprint density at radius 3 is 2.88 bits per heavy atom. The van der Waals surface area contributed by atoms with Crippen molar-refractivity contribution in [2.75, 3.05) is 5.01 Å². The van der Waals surface area contributed by atoms with Crippen LogP contribution in [-0.4, -0.2) is 22.5 Å². The molecular formula is C17H18N4O2S. The molecule has 1 aliphatic heterocycles. The van der Waals surface area contributed by atoms with E-state index in [0.717, 1.165) is 16.3 Å². The van der Waals surface area contributed by atoms with Crippen molar-refractivity contribution in [2.45, 2.75) is 33.2 Å². The van der Waals surface area contributed by atoms with Gasteiger partial charge < -0.3 is 5.32 Å². The summed E-state index contributed by atoms with van der Waals surface area (Å²) in [5, 5.41) is 11.2. The highest BCUT2D eigenvalue weighted by Crippen LogP contribution is 2.21. The smallest absolute Gasteiger partial charge is 0.267 e. The lowest BCUT2D eigenvalue weighted by Crippen LogP contribution is -2.38. The molecule has 0 saturated heterocycles. The zero-order chi connectivity index (χ0) is 17.1. The summed E-state index contributed by atoms with van der Waals surface area (Å²) in [7, 11) is 0. The zero-order valence-corrected chi connectivity index (χ0v) is 14.4. The molecule has 0 saturated carbocycles. The molecule has 6 nitrogen and oxygen atoms in total. The van der Waals surface area contributed by atoms with Crippen molar-refractivity contribution in [3.8, 4) is 0 Å². The van der Waals surface area contributed by atoms with E-state index in [1.165, 1.54) is 16.3 Å². The molecular weight excluding hydrogens is 324 g/mol. The molecule has 124 valence electrons. The number of hydrazone groups is 1. The average molecular weight is 342 g/mol. The molecule has 0 spiro atoms. The summed E-state index contributed by atoms with van der Waals surface area (Å²) >= 11 is 1.51. The number of rotatable bonds is 4. The van der Waals surface area contributed by atoms with Gasteiger partial charge in [0.15, 0.2) is 0 Å². The van der Waals surface area contributed by atoms with Gasteiger partial charge in [-0.15, -0.1) is 11.3 Å². The van der Waals surface area contributed by atoms with Gasteiger partial charge in [0.1, 0.15) is 10.7 Å². The van der Waals surface area contributed by atoms with Gasteiger partial charge in [-0.3, -0.25) is 9.59 Å². The second-order valence-corrected chi connectivity index (χ2v) is 6.60. The zero-order valence-electron chi connectivity index (χ0n) is 13.6. The topological polar surface area (TPSA) is 74.7 Å². The lowest BCUT2D eigenvalue weighted by atomic mass is 10.1. The highest BCUT2D eigenvalue weighted by atomic mass is 32.1. The molecule has 0 bridgehead atoms. The van der Waals surface area contributed by atoms with Crippen molar-refractivity contribution in [1.29, 1.82) is 0 Å². The molecule has 0 atom stereocenters. The van der Waals surface area contributed by atoms with E-state index in [9.17, 15) is 9.59 Å². The molecule has 7 heteroatoms. The van der Waals surface area contributed by atoms with Crippen LogP contribution in [0.3, 0.4) is 0 Å². The van der Waals surface area contributed by atoms with Gasteiger partial charge in [-0.05, 0) is 31.5 Å². The Kier molecular flexibility index (Phi) is 4.71. The first-order valence-electron chi connectivity index (χ1n) is 7.69. The Hall–Kier alpha value is -2.54. The Balaban J connectivity index is 1.73. The van der Waals surface area contributed by atoms with Gasteiger partial charge in [-0.25, -0.2) is 9.99 Å². The van der Waals surface area contributed by atoms with E-state index < -0.39 is 0 Å². The number of nitrogens with one attached hydrogen (secondary N) is 1. The fraction of sp³-hybridized carbons (Fsp3) is 0.294. The molecule has 1 aliphatic rings. The Morgan fingerprint density at radius 2 is 2.17 bits per heavy atom. The Labute approximate surface area is 144 Å². The van der Waals surface area contributed by atoms with E-state index in [0.29, 0.717) is 24.4 Å². The first-order valence-corrected chi connectivity index (χ1v) is 8.57. The van der Waals surface area contributed by atoms with Crippen molar-refractivity contribution >= 4 is 34.6 Å². The van der Waals surface area contributed by atoms with Crippen LogP contribution in [0.4, 0.5) is 5.69 Å². The van der Waals surface area contributed by atoms with E-state index >= 15 is 0 Å². The minimum atomic E-state index is -0.256. The second kappa shape index (κ2) is 6.92. The lowest BCUT2D eigenvalue weighted by Gasteiger charge is -2.23. The highest BCUT2D eigenvalue weighted by Gasteiger charge is 2.25. The van der Waals surface area contributed by atoms with Crippen LogP contribution in [0, 0.1) is 13.8 Å². The summed E-state index contributed by atoms with van der Waals surface area (Å²) in [4.78, 5) is 28.8. The number of hydrogen-bond acceptors (Lipinski definition) is 5. The van der Waals surface area contributed by atoms with E-state index in [-0.39, 0.29) is 18.2 Å². The number of thiazole rings is 1. The maximum Gasteiger partial charge on any atom is 0.267 e. The minimum Gasteiger partial charge on any atom is -0.344 e.